The fourth-order valence-corrected chi connectivity index (χ4v) is 5.54. The van der Waals surface area contributed by atoms with E-state index in [1.54, 1.807) is 6.92 Å². The first-order chi connectivity index (χ1) is 21.9. The number of fused-ring (bicyclic) bond motifs is 3. The summed E-state index contributed by atoms with van der Waals surface area (Å²) in [6.45, 7) is 2.34. The van der Waals surface area contributed by atoms with Gasteiger partial charge in [0.05, 0.1) is 36.3 Å². The number of hydrogen-bond acceptors (Lipinski definition) is 7. The molecule has 10 heteroatoms. The Bertz CT molecular complexity index is 1630. The van der Waals surface area contributed by atoms with E-state index in [1.807, 2.05) is 66.7 Å². The topological polar surface area (TPSA) is 129 Å². The number of amides is 2. The maximum absolute atomic E-state index is 12.9. The molecule has 0 radical (unpaired) electrons. The molecule has 10 nitrogen and oxygen atoms in total. The molecule has 0 bridgehead atoms. The minimum absolute atomic E-state index is 0.112. The molecule has 0 saturated heterocycles. The van der Waals surface area contributed by atoms with Crippen molar-refractivity contribution in [3.05, 3.63) is 123 Å². The Hall–Kier alpha value is -5.38. The zero-order valence-corrected chi connectivity index (χ0v) is 25.2. The summed E-state index contributed by atoms with van der Waals surface area (Å²) in [6, 6.07) is 27.6. The Morgan fingerprint density at radius 3 is 2.20 bits per heavy atom. The molecule has 0 fully saturated rings. The molecular formula is C35H35N3O7. The summed E-state index contributed by atoms with van der Waals surface area (Å²) in [5.41, 5.74) is 5.41. The minimum Gasteiger partial charge on any atom is -0.493 e. The van der Waals surface area contributed by atoms with Gasteiger partial charge in [0.2, 0.25) is 5.91 Å². The normalized spacial score (nSPS) is 12.4. The Morgan fingerprint density at radius 1 is 0.911 bits per heavy atom. The van der Waals surface area contributed by atoms with Crippen LogP contribution in [0.4, 0.5) is 10.5 Å². The van der Waals surface area contributed by atoms with Crippen molar-refractivity contribution in [2.24, 2.45) is 0 Å². The van der Waals surface area contributed by atoms with Crippen LogP contribution in [0.5, 0.6) is 11.5 Å². The first-order valence-electron chi connectivity index (χ1n) is 14.8. The van der Waals surface area contributed by atoms with Crippen LogP contribution in [0, 0.1) is 10.1 Å². The first-order valence-corrected chi connectivity index (χ1v) is 14.8. The van der Waals surface area contributed by atoms with E-state index >= 15 is 0 Å². The molecule has 5 rings (SSSR count). The van der Waals surface area contributed by atoms with Crippen molar-refractivity contribution < 1.29 is 28.7 Å². The van der Waals surface area contributed by atoms with Gasteiger partial charge in [0.25, 0.3) is 5.69 Å². The lowest BCUT2D eigenvalue weighted by molar-refractivity contribution is -0.385. The number of nitrogens with one attached hydrogen (secondary N) is 2. The molecule has 2 amide bonds. The second kappa shape index (κ2) is 14.4. The average Bonchev–Trinajstić information content (AvgIpc) is 3.38. The van der Waals surface area contributed by atoms with Gasteiger partial charge in [-0.2, -0.15) is 0 Å². The largest absolute Gasteiger partial charge is 0.493 e. The quantitative estimate of drug-likeness (QED) is 0.0983. The summed E-state index contributed by atoms with van der Waals surface area (Å²) in [5, 5.41) is 17.6. The predicted octanol–water partition coefficient (Wildman–Crippen LogP) is 6.68. The molecule has 0 aromatic heterocycles. The third-order valence-electron chi connectivity index (χ3n) is 7.79. The van der Waals surface area contributed by atoms with E-state index in [4.69, 9.17) is 14.2 Å². The molecule has 232 valence electrons. The highest BCUT2D eigenvalue weighted by atomic mass is 16.6. The van der Waals surface area contributed by atoms with E-state index in [1.165, 1.54) is 19.2 Å². The van der Waals surface area contributed by atoms with Crippen molar-refractivity contribution >= 4 is 17.7 Å². The van der Waals surface area contributed by atoms with Gasteiger partial charge in [-0.15, -0.1) is 0 Å². The summed E-state index contributed by atoms with van der Waals surface area (Å²) in [7, 11) is 1.43. The van der Waals surface area contributed by atoms with Crippen LogP contribution < -0.4 is 20.1 Å². The van der Waals surface area contributed by atoms with Gasteiger partial charge in [-0.1, -0.05) is 78.9 Å². The third kappa shape index (κ3) is 7.41. The fourth-order valence-electron chi connectivity index (χ4n) is 5.54. The summed E-state index contributed by atoms with van der Waals surface area (Å²) in [4.78, 5) is 36.6. The monoisotopic (exact) mass is 609 g/mol. The van der Waals surface area contributed by atoms with E-state index in [-0.39, 0.29) is 54.2 Å². The second-order valence-corrected chi connectivity index (χ2v) is 10.7. The van der Waals surface area contributed by atoms with Crippen molar-refractivity contribution in [3.8, 4) is 22.6 Å². The minimum atomic E-state index is -0.766. The maximum atomic E-state index is 12.9. The maximum Gasteiger partial charge on any atom is 0.407 e. The number of hydrogen-bond donors (Lipinski definition) is 2. The highest BCUT2D eigenvalue weighted by molar-refractivity contribution is 5.79. The molecule has 4 aromatic carbocycles. The third-order valence-corrected chi connectivity index (χ3v) is 7.79. The first kappa shape index (κ1) is 31.1. The van der Waals surface area contributed by atoms with Crippen molar-refractivity contribution in [1.29, 1.82) is 0 Å². The van der Waals surface area contributed by atoms with Crippen molar-refractivity contribution in [2.45, 2.75) is 38.3 Å². The Kier molecular flexibility index (Phi) is 9.93. The van der Waals surface area contributed by atoms with E-state index in [0.29, 0.717) is 13.0 Å². The average molecular weight is 610 g/mol. The molecule has 1 aliphatic rings. The lowest BCUT2D eigenvalue weighted by Crippen LogP contribution is -2.29. The van der Waals surface area contributed by atoms with Crippen LogP contribution in [0.1, 0.15) is 54.0 Å². The lowest BCUT2D eigenvalue weighted by atomic mass is 9.98. The number of carbonyl (C=O) groups is 2. The number of carbonyl (C=O) groups excluding carboxylic acids is 2. The molecule has 1 unspecified atom stereocenters. The van der Waals surface area contributed by atoms with Gasteiger partial charge >= 0.3 is 6.09 Å². The molecule has 2 N–H and O–H groups in total. The van der Waals surface area contributed by atoms with Gasteiger partial charge in [-0.05, 0) is 47.2 Å². The van der Waals surface area contributed by atoms with Crippen LogP contribution >= 0.6 is 0 Å². The number of nitrogens with zero attached hydrogens (tertiary/aromatic N) is 1. The van der Waals surface area contributed by atoms with Gasteiger partial charge in [-0.25, -0.2) is 4.79 Å². The van der Waals surface area contributed by atoms with Crippen molar-refractivity contribution in [3.63, 3.8) is 0 Å². The smallest absolute Gasteiger partial charge is 0.407 e. The molecule has 0 heterocycles. The van der Waals surface area contributed by atoms with Crippen LogP contribution in [-0.4, -0.2) is 37.2 Å². The molecular weight excluding hydrogens is 574 g/mol. The Morgan fingerprint density at radius 2 is 1.56 bits per heavy atom. The van der Waals surface area contributed by atoms with Crippen molar-refractivity contribution in [1.82, 2.24) is 10.6 Å². The van der Waals surface area contributed by atoms with Crippen LogP contribution in [0.2, 0.25) is 0 Å². The number of ether oxygens (including phenoxy) is 3. The summed E-state index contributed by atoms with van der Waals surface area (Å²) < 4.78 is 16.9. The predicted molar refractivity (Wildman–Crippen MR) is 169 cm³/mol. The number of nitro groups is 1. The number of nitro benzene ring substituents is 1. The summed E-state index contributed by atoms with van der Waals surface area (Å²) in [5.74, 6) is 0.208. The van der Waals surface area contributed by atoms with Crippen LogP contribution in [0.3, 0.4) is 0 Å². The second-order valence-electron chi connectivity index (χ2n) is 10.7. The molecule has 1 atom stereocenters. The molecule has 45 heavy (non-hydrogen) atoms. The lowest BCUT2D eigenvalue weighted by Gasteiger charge is -2.19. The van der Waals surface area contributed by atoms with Gasteiger partial charge in [0, 0.05) is 18.9 Å². The van der Waals surface area contributed by atoms with E-state index in [9.17, 15) is 19.7 Å². The van der Waals surface area contributed by atoms with E-state index < -0.39 is 17.1 Å². The zero-order valence-electron chi connectivity index (χ0n) is 25.2. The highest BCUT2D eigenvalue weighted by Crippen LogP contribution is 2.44. The van der Waals surface area contributed by atoms with Gasteiger partial charge in [-0.3, -0.25) is 14.9 Å². The molecule has 0 aliphatic heterocycles. The molecule has 0 saturated carbocycles. The van der Waals surface area contributed by atoms with E-state index in [2.05, 4.69) is 22.8 Å². The van der Waals surface area contributed by atoms with Crippen molar-refractivity contribution in [2.75, 3.05) is 20.3 Å². The molecule has 4 aromatic rings. The van der Waals surface area contributed by atoms with Crippen LogP contribution in [-0.2, 0) is 16.1 Å². The highest BCUT2D eigenvalue weighted by Gasteiger charge is 2.30. The number of rotatable bonds is 13. The number of alkyl carbamates (subject to hydrolysis) is 1. The van der Waals surface area contributed by atoms with Gasteiger partial charge in [0.15, 0.2) is 11.5 Å². The summed E-state index contributed by atoms with van der Waals surface area (Å²) >= 11 is 0. The van der Waals surface area contributed by atoms with Gasteiger partial charge in [0.1, 0.15) is 6.61 Å². The van der Waals surface area contributed by atoms with E-state index in [0.717, 1.165) is 27.8 Å². The zero-order chi connectivity index (χ0) is 31.8. The fraction of sp³-hybridized carbons (Fsp3) is 0.257. The Labute approximate surface area is 261 Å². The van der Waals surface area contributed by atoms with Crippen LogP contribution in [0.15, 0.2) is 91.0 Å². The molecule has 0 spiro atoms. The summed E-state index contributed by atoms with van der Waals surface area (Å²) in [6.07, 6.45) is -0.0568. The number of methoxy groups -OCH3 is 1. The Balaban J connectivity index is 1.17. The number of benzene rings is 4. The van der Waals surface area contributed by atoms with Crippen LogP contribution in [0.25, 0.3) is 11.1 Å². The standard InChI is InChI=1S/C35H35N3O7/c1-23(37-35(40)45-22-30-27-15-8-6-13-25(27)26-14-7-9-16-28(26)30)29-19-32(43-2)33(20-31(29)38(41)42)44-18-10-17-34(39)36-21-24-11-4-3-5-12-24/h3-9,11-16,19-20,23,30H,10,17-18,21-22H2,1-2H3,(H,36,39)(H,37,40). The molecule has 1 aliphatic carbocycles. The van der Waals surface area contributed by atoms with Gasteiger partial charge < -0.3 is 24.8 Å². The SMILES string of the molecule is COc1cc(C(C)NC(=O)OCC2c3ccccc3-c3ccccc32)c([N+](=O)[O-])cc1OCCCC(=O)NCc1ccccc1.